The minimum atomic E-state index is -0.711. The largest absolute Gasteiger partial charge is 0.349 e. The van der Waals surface area contributed by atoms with E-state index in [0.29, 0.717) is 18.8 Å². The first-order chi connectivity index (χ1) is 12.9. The SMILES string of the molecule is CC(C)CC(NC(=O)CCN1C(=O)NC2(CCCC2)C1=O)c1ccccc1. The van der Waals surface area contributed by atoms with Crippen molar-refractivity contribution in [1.82, 2.24) is 15.5 Å². The van der Waals surface area contributed by atoms with Gasteiger partial charge in [-0.3, -0.25) is 14.5 Å². The Kier molecular flexibility index (Phi) is 5.82. The number of amides is 4. The van der Waals surface area contributed by atoms with Gasteiger partial charge >= 0.3 is 6.03 Å². The summed E-state index contributed by atoms with van der Waals surface area (Å²) >= 11 is 0. The van der Waals surface area contributed by atoms with E-state index >= 15 is 0 Å². The topological polar surface area (TPSA) is 78.5 Å². The van der Waals surface area contributed by atoms with Crippen LogP contribution in [-0.4, -0.2) is 34.8 Å². The molecule has 1 saturated carbocycles. The first kappa shape index (κ1) is 19.4. The van der Waals surface area contributed by atoms with Crippen LogP contribution in [0.5, 0.6) is 0 Å². The fourth-order valence-corrected chi connectivity index (χ4v) is 4.11. The number of hydrogen-bond donors (Lipinski definition) is 2. The number of carbonyl (C=O) groups excluding carboxylic acids is 3. The van der Waals surface area contributed by atoms with Gasteiger partial charge in [0.1, 0.15) is 5.54 Å². The maximum atomic E-state index is 12.7. The average Bonchev–Trinajstić information content (AvgIpc) is 3.19. The van der Waals surface area contributed by atoms with Crippen molar-refractivity contribution in [1.29, 1.82) is 0 Å². The van der Waals surface area contributed by atoms with E-state index in [9.17, 15) is 14.4 Å². The van der Waals surface area contributed by atoms with E-state index in [1.54, 1.807) is 0 Å². The molecule has 6 nitrogen and oxygen atoms in total. The molecule has 1 unspecified atom stereocenters. The number of hydrogen-bond acceptors (Lipinski definition) is 3. The van der Waals surface area contributed by atoms with Gasteiger partial charge in [0.25, 0.3) is 5.91 Å². The molecule has 1 atom stereocenters. The van der Waals surface area contributed by atoms with Gasteiger partial charge in [-0.2, -0.15) is 0 Å². The first-order valence-electron chi connectivity index (χ1n) is 9.90. The highest BCUT2D eigenvalue weighted by Crippen LogP contribution is 2.35. The molecule has 0 radical (unpaired) electrons. The molecule has 1 aliphatic carbocycles. The van der Waals surface area contributed by atoms with Crippen molar-refractivity contribution in [2.24, 2.45) is 5.92 Å². The maximum absolute atomic E-state index is 12.7. The zero-order valence-electron chi connectivity index (χ0n) is 16.2. The van der Waals surface area contributed by atoms with Crippen LogP contribution in [-0.2, 0) is 9.59 Å². The molecular formula is C21H29N3O3. The van der Waals surface area contributed by atoms with Crippen molar-refractivity contribution in [2.75, 3.05) is 6.54 Å². The molecule has 1 aromatic carbocycles. The maximum Gasteiger partial charge on any atom is 0.325 e. The van der Waals surface area contributed by atoms with Crippen LogP contribution in [0.2, 0.25) is 0 Å². The van der Waals surface area contributed by atoms with Crippen LogP contribution in [0.1, 0.15) is 64.0 Å². The number of urea groups is 1. The summed E-state index contributed by atoms with van der Waals surface area (Å²) in [6.07, 6.45) is 4.26. The normalized spacial score (nSPS) is 19.6. The Morgan fingerprint density at radius 2 is 1.85 bits per heavy atom. The van der Waals surface area contributed by atoms with Crippen LogP contribution in [0.3, 0.4) is 0 Å². The fourth-order valence-electron chi connectivity index (χ4n) is 4.11. The molecule has 1 spiro atoms. The Morgan fingerprint density at radius 1 is 1.19 bits per heavy atom. The third-order valence-electron chi connectivity index (χ3n) is 5.51. The van der Waals surface area contributed by atoms with Crippen molar-refractivity contribution in [3.63, 3.8) is 0 Å². The lowest BCUT2D eigenvalue weighted by Gasteiger charge is -2.22. The highest BCUT2D eigenvalue weighted by atomic mass is 16.2. The van der Waals surface area contributed by atoms with Gasteiger partial charge in [0.05, 0.1) is 6.04 Å². The smallest absolute Gasteiger partial charge is 0.325 e. The van der Waals surface area contributed by atoms with Gasteiger partial charge in [-0.05, 0) is 30.7 Å². The minimum absolute atomic E-state index is 0.0667. The molecule has 3 rings (SSSR count). The molecule has 2 fully saturated rings. The standard InChI is InChI=1S/C21H29N3O3/c1-15(2)14-17(16-8-4-3-5-9-16)22-18(25)10-13-24-19(26)21(23-20(24)27)11-6-7-12-21/h3-5,8-9,15,17H,6-7,10-14H2,1-2H3,(H,22,25)(H,23,27). The highest BCUT2D eigenvalue weighted by Gasteiger charge is 2.52. The van der Waals surface area contributed by atoms with Crippen LogP contribution in [0, 0.1) is 5.92 Å². The molecule has 1 aliphatic heterocycles. The molecule has 6 heteroatoms. The first-order valence-corrected chi connectivity index (χ1v) is 9.90. The van der Waals surface area contributed by atoms with E-state index in [0.717, 1.165) is 24.8 Å². The Hall–Kier alpha value is -2.37. The average molecular weight is 371 g/mol. The molecule has 1 saturated heterocycles. The summed E-state index contributed by atoms with van der Waals surface area (Å²) in [4.78, 5) is 38.6. The summed E-state index contributed by atoms with van der Waals surface area (Å²) in [5.41, 5.74) is 0.358. The second-order valence-corrected chi connectivity index (χ2v) is 8.09. The van der Waals surface area contributed by atoms with E-state index in [2.05, 4.69) is 24.5 Å². The molecule has 146 valence electrons. The predicted molar refractivity (Wildman–Crippen MR) is 103 cm³/mol. The van der Waals surface area contributed by atoms with Crippen molar-refractivity contribution in [2.45, 2.75) is 64.0 Å². The van der Waals surface area contributed by atoms with Crippen molar-refractivity contribution < 1.29 is 14.4 Å². The van der Waals surface area contributed by atoms with Gasteiger partial charge in [-0.25, -0.2) is 4.79 Å². The van der Waals surface area contributed by atoms with E-state index in [1.807, 2.05) is 30.3 Å². The summed E-state index contributed by atoms with van der Waals surface area (Å²) < 4.78 is 0. The van der Waals surface area contributed by atoms with Crippen LogP contribution in [0.25, 0.3) is 0 Å². The van der Waals surface area contributed by atoms with E-state index < -0.39 is 5.54 Å². The molecule has 2 N–H and O–H groups in total. The Morgan fingerprint density at radius 3 is 2.48 bits per heavy atom. The summed E-state index contributed by atoms with van der Waals surface area (Å²) in [6, 6.07) is 9.46. The zero-order valence-corrected chi connectivity index (χ0v) is 16.2. The van der Waals surface area contributed by atoms with Gasteiger partial charge in [-0.1, -0.05) is 57.0 Å². The van der Waals surface area contributed by atoms with Crippen molar-refractivity contribution >= 4 is 17.8 Å². The monoisotopic (exact) mass is 371 g/mol. The predicted octanol–water partition coefficient (Wildman–Crippen LogP) is 3.14. The number of imide groups is 1. The highest BCUT2D eigenvalue weighted by molar-refractivity contribution is 6.07. The Labute approximate surface area is 160 Å². The quantitative estimate of drug-likeness (QED) is 0.723. The zero-order chi connectivity index (χ0) is 19.4. The summed E-state index contributed by atoms with van der Waals surface area (Å²) in [6.45, 7) is 4.37. The number of carbonyl (C=O) groups is 3. The molecule has 0 aromatic heterocycles. The lowest BCUT2D eigenvalue weighted by atomic mass is 9.97. The molecule has 0 bridgehead atoms. The summed E-state index contributed by atoms with van der Waals surface area (Å²) in [7, 11) is 0. The van der Waals surface area contributed by atoms with Gasteiger partial charge in [0.15, 0.2) is 0 Å². The third-order valence-corrected chi connectivity index (χ3v) is 5.51. The number of benzene rings is 1. The fraction of sp³-hybridized carbons (Fsp3) is 0.571. The second-order valence-electron chi connectivity index (χ2n) is 8.09. The number of nitrogens with zero attached hydrogens (tertiary/aromatic N) is 1. The van der Waals surface area contributed by atoms with Gasteiger partial charge in [0.2, 0.25) is 5.91 Å². The molecule has 2 aliphatic rings. The lowest BCUT2D eigenvalue weighted by molar-refractivity contribution is -0.131. The summed E-state index contributed by atoms with van der Waals surface area (Å²) in [5, 5.41) is 5.92. The minimum Gasteiger partial charge on any atom is -0.349 e. The number of nitrogens with one attached hydrogen (secondary N) is 2. The van der Waals surface area contributed by atoms with Crippen LogP contribution in [0.15, 0.2) is 30.3 Å². The second kappa shape index (κ2) is 8.11. The van der Waals surface area contributed by atoms with Gasteiger partial charge in [0, 0.05) is 13.0 Å². The van der Waals surface area contributed by atoms with Crippen LogP contribution in [0.4, 0.5) is 4.79 Å². The molecule has 27 heavy (non-hydrogen) atoms. The van der Waals surface area contributed by atoms with E-state index in [-0.39, 0.29) is 36.9 Å². The van der Waals surface area contributed by atoms with E-state index in [4.69, 9.17) is 0 Å². The number of rotatable bonds is 7. The lowest BCUT2D eigenvalue weighted by Crippen LogP contribution is -2.44. The van der Waals surface area contributed by atoms with Crippen molar-refractivity contribution in [3.05, 3.63) is 35.9 Å². The molecule has 1 aromatic rings. The molecule has 4 amide bonds. The molecule has 1 heterocycles. The van der Waals surface area contributed by atoms with Crippen molar-refractivity contribution in [3.8, 4) is 0 Å². The Balaban J connectivity index is 1.58. The van der Waals surface area contributed by atoms with Gasteiger partial charge < -0.3 is 10.6 Å². The van der Waals surface area contributed by atoms with Gasteiger partial charge in [-0.15, -0.1) is 0 Å². The van der Waals surface area contributed by atoms with E-state index in [1.165, 1.54) is 4.90 Å². The van der Waals surface area contributed by atoms with Crippen LogP contribution >= 0.6 is 0 Å². The Bertz CT molecular complexity index is 696. The summed E-state index contributed by atoms with van der Waals surface area (Å²) in [5.74, 6) is 0.126. The third kappa shape index (κ3) is 4.31. The van der Waals surface area contributed by atoms with Crippen LogP contribution < -0.4 is 10.6 Å². The molecular weight excluding hydrogens is 342 g/mol.